The van der Waals surface area contributed by atoms with E-state index in [9.17, 15) is 8.42 Å². The van der Waals surface area contributed by atoms with Gasteiger partial charge in [-0.05, 0) is 19.4 Å². The van der Waals surface area contributed by atoms with Crippen molar-refractivity contribution in [2.75, 3.05) is 13.2 Å². The Bertz CT molecular complexity index is 386. The zero-order valence-corrected chi connectivity index (χ0v) is 20.3. The molecule has 0 spiro atoms. The van der Waals surface area contributed by atoms with Crippen LogP contribution in [0.3, 0.4) is 0 Å². The topological polar surface area (TPSA) is 89.6 Å². The van der Waals surface area contributed by atoms with E-state index in [1.165, 1.54) is 103 Å². The maximum Gasteiger partial charge on any atom is 0.397 e. The molecule has 0 aliphatic rings. The van der Waals surface area contributed by atoms with E-state index in [0.29, 0.717) is 6.42 Å². The van der Waals surface area contributed by atoms with Crippen LogP contribution in [0.15, 0.2) is 0 Å². The second kappa shape index (κ2) is 25.9. The lowest BCUT2D eigenvalue weighted by Gasteiger charge is -2.03. The minimum Gasteiger partial charge on any atom is -0.330 e. The molecule has 0 saturated carbocycles. The van der Waals surface area contributed by atoms with Crippen LogP contribution >= 0.6 is 0 Å². The molecule has 0 bridgehead atoms. The minimum atomic E-state index is -4.25. The molecule has 0 heterocycles. The van der Waals surface area contributed by atoms with Gasteiger partial charge in [0, 0.05) is 0 Å². The van der Waals surface area contributed by atoms with Crippen molar-refractivity contribution in [3.63, 3.8) is 0 Å². The van der Waals surface area contributed by atoms with Crippen molar-refractivity contribution >= 4 is 10.4 Å². The lowest BCUT2D eigenvalue weighted by molar-refractivity contribution is 0.261. The Hall–Kier alpha value is -0.170. The van der Waals surface area contributed by atoms with Crippen LogP contribution in [0.2, 0.25) is 0 Å². The summed E-state index contributed by atoms with van der Waals surface area (Å²) in [4.78, 5) is 0. The van der Waals surface area contributed by atoms with Gasteiger partial charge in [-0.25, -0.2) is 4.18 Å². The smallest absolute Gasteiger partial charge is 0.330 e. The van der Waals surface area contributed by atoms with Crippen LogP contribution in [-0.2, 0) is 14.6 Å². The normalized spacial score (nSPS) is 11.3. The fraction of sp³-hybridized carbons (Fsp3) is 1.00. The third kappa shape index (κ3) is 35.6. The highest BCUT2D eigenvalue weighted by Gasteiger charge is 2.02. The van der Waals surface area contributed by atoms with Gasteiger partial charge in [0.2, 0.25) is 0 Å². The molecule has 0 aromatic heterocycles. The van der Waals surface area contributed by atoms with E-state index < -0.39 is 10.4 Å². The highest BCUT2D eigenvalue weighted by Crippen LogP contribution is 2.14. The molecule has 0 atom stereocenters. The van der Waals surface area contributed by atoms with E-state index in [4.69, 9.17) is 10.3 Å². The fourth-order valence-electron chi connectivity index (χ4n) is 3.20. The molecule has 178 valence electrons. The SMILES string of the molecule is CCCCCCCCCCCCCCCCCCCOS(=O)(=O)O.CCCCN. The largest absolute Gasteiger partial charge is 0.397 e. The van der Waals surface area contributed by atoms with Gasteiger partial charge in [0.25, 0.3) is 0 Å². The summed E-state index contributed by atoms with van der Waals surface area (Å²) in [5.41, 5.74) is 5.14. The first-order valence-corrected chi connectivity index (χ1v) is 13.7. The van der Waals surface area contributed by atoms with E-state index in [1.54, 1.807) is 0 Å². The predicted molar refractivity (Wildman–Crippen MR) is 126 cm³/mol. The third-order valence-corrected chi connectivity index (χ3v) is 5.50. The van der Waals surface area contributed by atoms with Crippen molar-refractivity contribution in [3.8, 4) is 0 Å². The molecular weight excluding hydrogens is 386 g/mol. The molecule has 0 unspecified atom stereocenters. The van der Waals surface area contributed by atoms with Gasteiger partial charge in [-0.1, -0.05) is 123 Å². The van der Waals surface area contributed by atoms with Crippen LogP contribution in [0.25, 0.3) is 0 Å². The van der Waals surface area contributed by atoms with Crippen LogP contribution in [0.4, 0.5) is 0 Å². The summed E-state index contributed by atoms with van der Waals surface area (Å²) in [6, 6.07) is 0. The van der Waals surface area contributed by atoms with Crippen LogP contribution in [0.5, 0.6) is 0 Å². The lowest BCUT2D eigenvalue weighted by Crippen LogP contribution is -2.04. The first kappa shape index (κ1) is 31.0. The molecule has 0 aromatic carbocycles. The number of nitrogens with two attached hydrogens (primary N) is 1. The summed E-state index contributed by atoms with van der Waals surface area (Å²) in [6.07, 6.45) is 24.3. The summed E-state index contributed by atoms with van der Waals surface area (Å²) in [7, 11) is -4.25. The summed E-state index contributed by atoms with van der Waals surface area (Å²) >= 11 is 0. The summed E-state index contributed by atoms with van der Waals surface area (Å²) in [5, 5.41) is 0. The summed E-state index contributed by atoms with van der Waals surface area (Å²) in [5.74, 6) is 0. The van der Waals surface area contributed by atoms with Gasteiger partial charge in [-0.3, -0.25) is 4.55 Å². The van der Waals surface area contributed by atoms with Gasteiger partial charge in [-0.2, -0.15) is 8.42 Å². The van der Waals surface area contributed by atoms with E-state index in [0.717, 1.165) is 19.4 Å². The van der Waals surface area contributed by atoms with Crippen molar-refractivity contribution in [1.29, 1.82) is 0 Å². The molecule has 29 heavy (non-hydrogen) atoms. The minimum absolute atomic E-state index is 0.0947. The second-order valence-corrected chi connectivity index (χ2v) is 9.14. The maximum absolute atomic E-state index is 10.3. The molecular formula is C23H51NO4S. The van der Waals surface area contributed by atoms with Gasteiger partial charge in [-0.15, -0.1) is 0 Å². The van der Waals surface area contributed by atoms with Crippen molar-refractivity contribution in [1.82, 2.24) is 0 Å². The van der Waals surface area contributed by atoms with Gasteiger partial charge in [0.15, 0.2) is 0 Å². The van der Waals surface area contributed by atoms with Gasteiger partial charge < -0.3 is 5.73 Å². The Morgan fingerprint density at radius 2 is 0.897 bits per heavy atom. The third-order valence-electron chi connectivity index (χ3n) is 5.04. The Labute approximate surface area is 182 Å². The van der Waals surface area contributed by atoms with E-state index in [-0.39, 0.29) is 6.61 Å². The molecule has 0 rings (SSSR count). The van der Waals surface area contributed by atoms with E-state index in [1.807, 2.05) is 0 Å². The van der Waals surface area contributed by atoms with Crippen LogP contribution in [0.1, 0.15) is 136 Å². The average molecular weight is 438 g/mol. The van der Waals surface area contributed by atoms with Crippen LogP contribution < -0.4 is 5.73 Å². The van der Waals surface area contributed by atoms with Gasteiger partial charge in [0.05, 0.1) is 6.61 Å². The number of hydrogen-bond donors (Lipinski definition) is 2. The first-order valence-electron chi connectivity index (χ1n) is 12.3. The molecule has 6 heteroatoms. The highest BCUT2D eigenvalue weighted by atomic mass is 32.3. The van der Waals surface area contributed by atoms with Crippen molar-refractivity contribution in [2.45, 2.75) is 136 Å². The first-order chi connectivity index (χ1) is 14.0. The zero-order valence-electron chi connectivity index (χ0n) is 19.5. The standard InChI is InChI=1S/C19H40O4S.C4H11N/c1-2-3-4-5-6-7-8-9-10-11-12-13-14-15-16-17-18-19-23-24(20,21)22;1-2-3-4-5/h2-19H2,1H3,(H,20,21,22);2-5H2,1H3. The van der Waals surface area contributed by atoms with Crippen LogP contribution in [-0.4, -0.2) is 26.1 Å². The Balaban J connectivity index is 0. The molecule has 0 radical (unpaired) electrons. The van der Waals surface area contributed by atoms with E-state index in [2.05, 4.69) is 18.0 Å². The molecule has 0 fully saturated rings. The van der Waals surface area contributed by atoms with Crippen molar-refractivity contribution in [3.05, 3.63) is 0 Å². The Kier molecular flexibility index (Phi) is 27.7. The lowest BCUT2D eigenvalue weighted by atomic mass is 10.0. The molecule has 0 saturated heterocycles. The number of rotatable bonds is 21. The fourth-order valence-corrected chi connectivity index (χ4v) is 3.52. The molecule has 3 N–H and O–H groups in total. The molecule has 0 amide bonds. The monoisotopic (exact) mass is 437 g/mol. The highest BCUT2D eigenvalue weighted by molar-refractivity contribution is 7.80. The molecule has 0 aromatic rings. The Morgan fingerprint density at radius 3 is 1.14 bits per heavy atom. The molecule has 0 aliphatic carbocycles. The second-order valence-electron chi connectivity index (χ2n) is 8.05. The quantitative estimate of drug-likeness (QED) is 0.146. The predicted octanol–water partition coefficient (Wildman–Crippen LogP) is 7.20. The number of unbranched alkanes of at least 4 members (excludes halogenated alkanes) is 17. The summed E-state index contributed by atoms with van der Waals surface area (Å²) in [6.45, 7) is 5.34. The molecule has 5 nitrogen and oxygen atoms in total. The van der Waals surface area contributed by atoms with Crippen LogP contribution in [0, 0.1) is 0 Å². The van der Waals surface area contributed by atoms with E-state index >= 15 is 0 Å². The van der Waals surface area contributed by atoms with Crippen molar-refractivity contribution in [2.24, 2.45) is 5.73 Å². The van der Waals surface area contributed by atoms with Gasteiger partial charge in [0.1, 0.15) is 0 Å². The zero-order chi connectivity index (χ0) is 22.1. The van der Waals surface area contributed by atoms with Crippen molar-refractivity contribution < 1.29 is 17.2 Å². The summed E-state index contributed by atoms with van der Waals surface area (Å²) < 4.78 is 33.4. The Morgan fingerprint density at radius 1 is 0.586 bits per heavy atom. The average Bonchev–Trinajstić information content (AvgIpc) is 2.67. The van der Waals surface area contributed by atoms with Gasteiger partial charge >= 0.3 is 10.4 Å². The maximum atomic E-state index is 10.3. The number of hydrogen-bond acceptors (Lipinski definition) is 4. The molecule has 0 aliphatic heterocycles.